The number of likely N-dealkylation sites (N-methyl/N-ethyl adjacent to an activating group) is 1. The molecule has 88 valence electrons. The molecule has 0 saturated heterocycles. The molecule has 16 heavy (non-hydrogen) atoms. The van der Waals surface area contributed by atoms with Crippen molar-refractivity contribution in [2.45, 2.75) is 19.3 Å². The molecule has 0 aliphatic carbocycles. The average Bonchev–Trinajstić information content (AvgIpc) is 2.16. The van der Waals surface area contributed by atoms with E-state index in [9.17, 15) is 13.6 Å². The predicted molar refractivity (Wildman–Crippen MR) is 59.0 cm³/mol. The first-order valence-corrected chi connectivity index (χ1v) is 5.07. The van der Waals surface area contributed by atoms with Crippen LogP contribution in [0.15, 0.2) is 24.3 Å². The van der Waals surface area contributed by atoms with Crippen LogP contribution in [-0.2, 0) is 6.42 Å². The van der Waals surface area contributed by atoms with Gasteiger partial charge >= 0.3 is 0 Å². The van der Waals surface area contributed by atoms with Crippen LogP contribution in [0.5, 0.6) is 0 Å². The number of nitrogens with one attached hydrogen (secondary N) is 1. The Morgan fingerprint density at radius 3 is 2.31 bits per heavy atom. The highest BCUT2D eigenvalue weighted by atomic mass is 19.3. The number of Topliss-reactive ketones (excluding diaryl/α,β-unsaturated/α-hetero) is 1. The second kappa shape index (κ2) is 5.16. The van der Waals surface area contributed by atoms with Gasteiger partial charge in [0.25, 0.3) is 0 Å². The Balaban J connectivity index is 2.72. The molecule has 0 aliphatic heterocycles. The topological polar surface area (TPSA) is 29.1 Å². The van der Waals surface area contributed by atoms with E-state index in [0.717, 1.165) is 6.92 Å². The minimum absolute atomic E-state index is 0.0442. The Morgan fingerprint density at radius 2 is 1.88 bits per heavy atom. The summed E-state index contributed by atoms with van der Waals surface area (Å²) in [5.74, 6) is -2.76. The van der Waals surface area contributed by atoms with Gasteiger partial charge in [-0.05, 0) is 19.5 Å². The van der Waals surface area contributed by atoms with Gasteiger partial charge in [-0.15, -0.1) is 0 Å². The monoisotopic (exact) mass is 227 g/mol. The first kappa shape index (κ1) is 12.8. The standard InChI is InChI=1S/C12H15F2NO/c1-12(13,14)7-9-3-5-10(6-4-9)11(16)8-15-2/h3-6,15H,7-8H2,1-2H3. The number of halogens is 2. The van der Waals surface area contributed by atoms with Crippen molar-refractivity contribution in [3.8, 4) is 0 Å². The van der Waals surface area contributed by atoms with E-state index in [1.165, 1.54) is 0 Å². The van der Waals surface area contributed by atoms with Crippen molar-refractivity contribution >= 4 is 5.78 Å². The lowest BCUT2D eigenvalue weighted by molar-refractivity contribution is 0.0226. The minimum Gasteiger partial charge on any atom is -0.313 e. The van der Waals surface area contributed by atoms with Gasteiger partial charge in [0.2, 0.25) is 5.92 Å². The molecule has 0 heterocycles. The van der Waals surface area contributed by atoms with Crippen molar-refractivity contribution < 1.29 is 13.6 Å². The molecule has 0 spiro atoms. The van der Waals surface area contributed by atoms with Crippen LogP contribution in [0.4, 0.5) is 8.78 Å². The summed E-state index contributed by atoms with van der Waals surface area (Å²) in [5.41, 5.74) is 1.08. The number of hydrogen-bond acceptors (Lipinski definition) is 2. The van der Waals surface area contributed by atoms with E-state index in [2.05, 4.69) is 5.32 Å². The molecular weight excluding hydrogens is 212 g/mol. The Hall–Kier alpha value is -1.29. The summed E-state index contributed by atoms with van der Waals surface area (Å²) >= 11 is 0. The molecule has 0 fully saturated rings. The molecule has 0 bridgehead atoms. The van der Waals surface area contributed by atoms with Gasteiger partial charge in [-0.25, -0.2) is 8.78 Å². The van der Waals surface area contributed by atoms with Gasteiger partial charge in [-0.2, -0.15) is 0 Å². The molecule has 1 N–H and O–H groups in total. The maximum Gasteiger partial charge on any atom is 0.249 e. The molecule has 0 atom stereocenters. The van der Waals surface area contributed by atoms with E-state index in [4.69, 9.17) is 0 Å². The van der Waals surface area contributed by atoms with Crippen molar-refractivity contribution in [3.05, 3.63) is 35.4 Å². The highest BCUT2D eigenvalue weighted by molar-refractivity contribution is 5.97. The van der Waals surface area contributed by atoms with Gasteiger partial charge in [0, 0.05) is 12.0 Å². The molecular formula is C12H15F2NO. The molecule has 1 rings (SSSR count). The third-order valence-electron chi connectivity index (χ3n) is 2.13. The molecule has 0 unspecified atom stereocenters. The Morgan fingerprint density at radius 1 is 1.31 bits per heavy atom. The fourth-order valence-electron chi connectivity index (χ4n) is 1.43. The number of carbonyl (C=O) groups excluding carboxylic acids is 1. The van der Waals surface area contributed by atoms with Crippen LogP contribution < -0.4 is 5.32 Å². The number of carbonyl (C=O) groups is 1. The summed E-state index contributed by atoms with van der Waals surface area (Å²) in [4.78, 5) is 11.4. The van der Waals surface area contributed by atoms with E-state index >= 15 is 0 Å². The maximum absolute atomic E-state index is 12.7. The van der Waals surface area contributed by atoms with Crippen LogP contribution >= 0.6 is 0 Å². The first-order chi connectivity index (χ1) is 7.42. The first-order valence-electron chi connectivity index (χ1n) is 5.07. The Bertz CT molecular complexity index is 354. The second-order valence-electron chi connectivity index (χ2n) is 3.90. The molecule has 2 nitrogen and oxygen atoms in total. The van der Waals surface area contributed by atoms with Crippen LogP contribution in [0.25, 0.3) is 0 Å². The lowest BCUT2D eigenvalue weighted by Gasteiger charge is -2.10. The quantitative estimate of drug-likeness (QED) is 0.782. The van der Waals surface area contributed by atoms with Crippen LogP contribution in [0.1, 0.15) is 22.8 Å². The van der Waals surface area contributed by atoms with Gasteiger partial charge in [0.05, 0.1) is 6.54 Å². The molecule has 1 aromatic carbocycles. The van der Waals surface area contributed by atoms with Crippen molar-refractivity contribution in [3.63, 3.8) is 0 Å². The molecule has 0 saturated carbocycles. The van der Waals surface area contributed by atoms with Crippen LogP contribution in [0.3, 0.4) is 0 Å². The number of ketones is 1. The largest absolute Gasteiger partial charge is 0.313 e. The van der Waals surface area contributed by atoms with E-state index in [-0.39, 0.29) is 18.7 Å². The van der Waals surface area contributed by atoms with Crippen molar-refractivity contribution in [1.82, 2.24) is 5.32 Å². The van der Waals surface area contributed by atoms with Crippen molar-refractivity contribution in [2.24, 2.45) is 0 Å². The van der Waals surface area contributed by atoms with Crippen molar-refractivity contribution in [1.29, 1.82) is 0 Å². The zero-order chi connectivity index (χ0) is 12.2. The van der Waals surface area contributed by atoms with Crippen LogP contribution in [0.2, 0.25) is 0 Å². The number of alkyl halides is 2. The van der Waals surface area contributed by atoms with E-state index < -0.39 is 5.92 Å². The average molecular weight is 227 g/mol. The summed E-state index contributed by atoms with van der Waals surface area (Å²) in [6.45, 7) is 1.14. The lowest BCUT2D eigenvalue weighted by atomic mass is 10.0. The van der Waals surface area contributed by atoms with Gasteiger partial charge < -0.3 is 5.32 Å². The van der Waals surface area contributed by atoms with Gasteiger partial charge in [-0.3, -0.25) is 4.79 Å². The fraction of sp³-hybridized carbons (Fsp3) is 0.417. The third kappa shape index (κ3) is 4.06. The molecule has 0 aliphatic rings. The summed E-state index contributed by atoms with van der Waals surface area (Å²) in [6, 6.07) is 6.31. The van der Waals surface area contributed by atoms with E-state index in [1.54, 1.807) is 31.3 Å². The van der Waals surface area contributed by atoms with E-state index in [0.29, 0.717) is 11.1 Å². The zero-order valence-corrected chi connectivity index (χ0v) is 9.39. The number of hydrogen-bond donors (Lipinski definition) is 1. The molecule has 0 aromatic heterocycles. The molecule has 1 aromatic rings. The third-order valence-corrected chi connectivity index (χ3v) is 2.13. The summed E-state index contributed by atoms with van der Waals surface area (Å²) in [7, 11) is 1.68. The van der Waals surface area contributed by atoms with Gasteiger partial charge in [-0.1, -0.05) is 24.3 Å². The lowest BCUT2D eigenvalue weighted by Crippen LogP contribution is -2.18. The Labute approximate surface area is 93.7 Å². The van der Waals surface area contributed by atoms with Crippen LogP contribution in [-0.4, -0.2) is 25.3 Å². The smallest absolute Gasteiger partial charge is 0.249 e. The van der Waals surface area contributed by atoms with Crippen molar-refractivity contribution in [2.75, 3.05) is 13.6 Å². The minimum atomic E-state index is -2.71. The second-order valence-corrected chi connectivity index (χ2v) is 3.90. The van der Waals surface area contributed by atoms with Gasteiger partial charge in [0.15, 0.2) is 5.78 Å². The zero-order valence-electron chi connectivity index (χ0n) is 9.39. The molecule has 0 amide bonds. The SMILES string of the molecule is CNCC(=O)c1ccc(CC(C)(F)F)cc1. The Kier molecular flexibility index (Phi) is 4.12. The summed E-state index contributed by atoms with van der Waals surface area (Å²) in [6.07, 6.45) is -0.298. The molecule has 0 radical (unpaired) electrons. The normalized spacial score (nSPS) is 11.5. The maximum atomic E-state index is 12.7. The highest BCUT2D eigenvalue weighted by Crippen LogP contribution is 2.19. The summed E-state index contributed by atoms with van der Waals surface area (Å²) < 4.78 is 25.4. The summed E-state index contributed by atoms with van der Waals surface area (Å²) in [5, 5.41) is 2.75. The van der Waals surface area contributed by atoms with Gasteiger partial charge in [0.1, 0.15) is 0 Å². The molecule has 4 heteroatoms. The highest BCUT2D eigenvalue weighted by Gasteiger charge is 2.21. The number of benzene rings is 1. The van der Waals surface area contributed by atoms with E-state index in [1.807, 2.05) is 0 Å². The predicted octanol–water partition coefficient (Wildman–Crippen LogP) is 2.29. The number of rotatable bonds is 5. The fourth-order valence-corrected chi connectivity index (χ4v) is 1.43. The van der Waals surface area contributed by atoms with Crippen LogP contribution in [0, 0.1) is 0 Å².